The van der Waals surface area contributed by atoms with Crippen LogP contribution in [0.25, 0.3) is 0 Å². The number of thioether (sulfide) groups is 1. The minimum Gasteiger partial charge on any atom is -0.353 e. The average Bonchev–Trinajstić information content (AvgIpc) is 2.33. The van der Waals surface area contributed by atoms with Gasteiger partial charge in [-0.15, -0.1) is 11.8 Å². The molecule has 1 heterocycles. The van der Waals surface area contributed by atoms with Crippen LogP contribution in [0.5, 0.6) is 0 Å². The highest BCUT2D eigenvalue weighted by atomic mass is 32.2. The van der Waals surface area contributed by atoms with Gasteiger partial charge in [0.05, 0.1) is 13.2 Å². The van der Waals surface area contributed by atoms with Crippen LogP contribution in [0.15, 0.2) is 29.2 Å². The van der Waals surface area contributed by atoms with Gasteiger partial charge in [0.1, 0.15) is 5.82 Å². The van der Waals surface area contributed by atoms with E-state index in [-0.39, 0.29) is 12.1 Å². The first-order valence-electron chi connectivity index (χ1n) is 5.46. The summed E-state index contributed by atoms with van der Waals surface area (Å²) in [6.07, 6.45) is 1.81. The molecule has 0 amide bonds. The summed E-state index contributed by atoms with van der Waals surface area (Å²) in [4.78, 5) is 1.08. The number of rotatable bonds is 4. The van der Waals surface area contributed by atoms with E-state index < -0.39 is 0 Å². The number of halogens is 1. The standard InChI is InChI=1S/C12H15FO2S/c13-10-2-4-11(5-3-10)16-9-6-12-14-7-1-8-15-12/h2-5,12H,1,6-9H2. The van der Waals surface area contributed by atoms with Crippen LogP contribution in [0.1, 0.15) is 12.8 Å². The van der Waals surface area contributed by atoms with Gasteiger partial charge in [-0.05, 0) is 30.7 Å². The first-order valence-corrected chi connectivity index (χ1v) is 6.45. The lowest BCUT2D eigenvalue weighted by atomic mass is 10.3. The van der Waals surface area contributed by atoms with Gasteiger partial charge in [0.15, 0.2) is 6.29 Å². The molecular weight excluding hydrogens is 227 g/mol. The Morgan fingerprint density at radius 2 is 1.88 bits per heavy atom. The van der Waals surface area contributed by atoms with E-state index in [1.807, 2.05) is 0 Å². The molecule has 1 aromatic rings. The maximum Gasteiger partial charge on any atom is 0.158 e. The summed E-state index contributed by atoms with van der Waals surface area (Å²) in [5.74, 6) is 0.735. The van der Waals surface area contributed by atoms with Crippen LogP contribution >= 0.6 is 11.8 Å². The monoisotopic (exact) mass is 242 g/mol. The van der Waals surface area contributed by atoms with Crippen LogP contribution in [0.3, 0.4) is 0 Å². The van der Waals surface area contributed by atoms with Gasteiger partial charge in [0, 0.05) is 17.1 Å². The van der Waals surface area contributed by atoms with Crippen molar-refractivity contribution in [2.24, 2.45) is 0 Å². The summed E-state index contributed by atoms with van der Waals surface area (Å²) in [6.45, 7) is 1.60. The summed E-state index contributed by atoms with van der Waals surface area (Å²) >= 11 is 1.70. The van der Waals surface area contributed by atoms with Crippen LogP contribution in [0.2, 0.25) is 0 Å². The van der Waals surface area contributed by atoms with Crippen molar-refractivity contribution in [3.8, 4) is 0 Å². The smallest absolute Gasteiger partial charge is 0.158 e. The SMILES string of the molecule is Fc1ccc(SCCC2OCCCO2)cc1. The maximum atomic E-state index is 12.7. The van der Waals surface area contributed by atoms with Crippen molar-refractivity contribution in [2.45, 2.75) is 24.0 Å². The molecule has 2 nitrogen and oxygen atoms in total. The molecule has 0 spiro atoms. The quantitative estimate of drug-likeness (QED) is 0.756. The maximum absolute atomic E-state index is 12.7. The zero-order chi connectivity index (χ0) is 11.2. The number of benzene rings is 1. The second-order valence-corrected chi connectivity index (χ2v) is 4.78. The van der Waals surface area contributed by atoms with Crippen molar-refractivity contribution in [3.05, 3.63) is 30.1 Å². The van der Waals surface area contributed by atoms with Crippen molar-refractivity contribution in [3.63, 3.8) is 0 Å². The molecule has 4 heteroatoms. The highest BCUT2D eigenvalue weighted by molar-refractivity contribution is 7.99. The molecule has 0 radical (unpaired) electrons. The predicted molar refractivity (Wildman–Crippen MR) is 62.1 cm³/mol. The third kappa shape index (κ3) is 3.77. The van der Waals surface area contributed by atoms with Crippen molar-refractivity contribution in [2.75, 3.05) is 19.0 Å². The third-order valence-electron chi connectivity index (χ3n) is 2.33. The first kappa shape index (κ1) is 11.9. The Balaban J connectivity index is 1.69. The van der Waals surface area contributed by atoms with E-state index in [9.17, 15) is 4.39 Å². The normalized spacial score (nSPS) is 17.6. The Morgan fingerprint density at radius 3 is 2.56 bits per heavy atom. The van der Waals surface area contributed by atoms with Gasteiger partial charge in [0.25, 0.3) is 0 Å². The van der Waals surface area contributed by atoms with Gasteiger partial charge in [0.2, 0.25) is 0 Å². The van der Waals surface area contributed by atoms with Crippen molar-refractivity contribution < 1.29 is 13.9 Å². The molecule has 1 aliphatic rings. The molecular formula is C12H15FO2S. The molecule has 1 saturated heterocycles. The van der Waals surface area contributed by atoms with Gasteiger partial charge in [-0.2, -0.15) is 0 Å². The topological polar surface area (TPSA) is 18.5 Å². The fourth-order valence-corrected chi connectivity index (χ4v) is 2.38. The van der Waals surface area contributed by atoms with E-state index in [2.05, 4.69) is 0 Å². The summed E-state index contributed by atoms with van der Waals surface area (Å²) in [7, 11) is 0. The van der Waals surface area contributed by atoms with E-state index in [0.29, 0.717) is 0 Å². The van der Waals surface area contributed by atoms with E-state index in [1.54, 1.807) is 23.9 Å². The third-order valence-corrected chi connectivity index (χ3v) is 3.38. The van der Waals surface area contributed by atoms with Crippen molar-refractivity contribution in [1.82, 2.24) is 0 Å². The van der Waals surface area contributed by atoms with Gasteiger partial charge in [-0.3, -0.25) is 0 Å². The molecule has 88 valence electrons. The molecule has 0 N–H and O–H groups in total. The average molecular weight is 242 g/mol. The predicted octanol–water partition coefficient (Wildman–Crippen LogP) is 3.07. The van der Waals surface area contributed by atoms with Crippen LogP contribution < -0.4 is 0 Å². The van der Waals surface area contributed by atoms with E-state index >= 15 is 0 Å². The minimum atomic E-state index is -0.191. The zero-order valence-electron chi connectivity index (χ0n) is 9.02. The number of hydrogen-bond acceptors (Lipinski definition) is 3. The molecule has 1 aliphatic heterocycles. The van der Waals surface area contributed by atoms with Crippen LogP contribution in [-0.2, 0) is 9.47 Å². The Labute approximate surface area is 99.1 Å². The molecule has 2 rings (SSSR count). The van der Waals surface area contributed by atoms with Crippen LogP contribution in [0.4, 0.5) is 4.39 Å². The minimum absolute atomic E-state index is 0.0540. The molecule has 1 aromatic carbocycles. The molecule has 16 heavy (non-hydrogen) atoms. The Bertz CT molecular complexity index is 309. The Kier molecular flexibility index (Phi) is 4.63. The molecule has 0 saturated carbocycles. The lowest BCUT2D eigenvalue weighted by molar-refractivity contribution is -0.178. The van der Waals surface area contributed by atoms with E-state index in [4.69, 9.17) is 9.47 Å². The Morgan fingerprint density at radius 1 is 1.19 bits per heavy atom. The lowest BCUT2D eigenvalue weighted by Crippen LogP contribution is -2.25. The summed E-state index contributed by atoms with van der Waals surface area (Å²) in [5, 5.41) is 0. The summed E-state index contributed by atoms with van der Waals surface area (Å²) in [5.41, 5.74) is 0. The lowest BCUT2D eigenvalue weighted by Gasteiger charge is -2.22. The first-order chi connectivity index (χ1) is 7.84. The summed E-state index contributed by atoms with van der Waals surface area (Å²) < 4.78 is 23.5. The van der Waals surface area contributed by atoms with Gasteiger partial charge < -0.3 is 9.47 Å². The van der Waals surface area contributed by atoms with Crippen LogP contribution in [0, 0.1) is 5.82 Å². The van der Waals surface area contributed by atoms with E-state index in [1.165, 1.54) is 12.1 Å². The fraction of sp³-hybridized carbons (Fsp3) is 0.500. The van der Waals surface area contributed by atoms with Gasteiger partial charge in [-0.25, -0.2) is 4.39 Å². The zero-order valence-corrected chi connectivity index (χ0v) is 9.84. The molecule has 0 unspecified atom stereocenters. The molecule has 0 atom stereocenters. The Hall–Kier alpha value is -0.580. The number of ether oxygens (including phenoxy) is 2. The second kappa shape index (κ2) is 6.23. The highest BCUT2D eigenvalue weighted by Gasteiger charge is 2.13. The largest absolute Gasteiger partial charge is 0.353 e. The van der Waals surface area contributed by atoms with Crippen LogP contribution in [-0.4, -0.2) is 25.3 Å². The second-order valence-electron chi connectivity index (χ2n) is 3.62. The molecule has 0 aromatic heterocycles. The molecule has 0 bridgehead atoms. The van der Waals surface area contributed by atoms with Gasteiger partial charge in [-0.1, -0.05) is 0 Å². The summed E-state index contributed by atoms with van der Waals surface area (Å²) in [6, 6.07) is 6.55. The highest BCUT2D eigenvalue weighted by Crippen LogP contribution is 2.21. The van der Waals surface area contributed by atoms with E-state index in [0.717, 1.165) is 36.7 Å². The van der Waals surface area contributed by atoms with Gasteiger partial charge >= 0.3 is 0 Å². The molecule has 1 fully saturated rings. The fourth-order valence-electron chi connectivity index (χ4n) is 1.51. The number of hydrogen-bond donors (Lipinski definition) is 0. The van der Waals surface area contributed by atoms with Crippen molar-refractivity contribution >= 4 is 11.8 Å². The molecule has 0 aliphatic carbocycles. The van der Waals surface area contributed by atoms with Crippen molar-refractivity contribution in [1.29, 1.82) is 0 Å².